The summed E-state index contributed by atoms with van der Waals surface area (Å²) in [6.07, 6.45) is 3.80. The van der Waals surface area contributed by atoms with Crippen LogP contribution in [-0.2, 0) is 19.0 Å². The van der Waals surface area contributed by atoms with Crippen molar-refractivity contribution in [3.05, 3.63) is 59.2 Å². The quantitative estimate of drug-likeness (QED) is 0.607. The van der Waals surface area contributed by atoms with Crippen molar-refractivity contribution in [3.8, 4) is 0 Å². The molecule has 2 bridgehead atoms. The molecular formula is C20H23NO4. The summed E-state index contributed by atoms with van der Waals surface area (Å²) in [5.41, 5.74) is 2.41. The van der Waals surface area contributed by atoms with Crippen molar-refractivity contribution in [2.24, 2.45) is 0 Å². The van der Waals surface area contributed by atoms with Crippen molar-refractivity contribution in [1.29, 1.82) is 0 Å². The molecule has 132 valence electrons. The fourth-order valence-corrected chi connectivity index (χ4v) is 4.50. The smallest absolute Gasteiger partial charge is 0.336 e. The Balaban J connectivity index is 1.74. The van der Waals surface area contributed by atoms with E-state index < -0.39 is 5.60 Å². The second kappa shape index (κ2) is 6.09. The van der Waals surface area contributed by atoms with Crippen molar-refractivity contribution in [3.63, 3.8) is 0 Å². The maximum Gasteiger partial charge on any atom is 0.336 e. The van der Waals surface area contributed by atoms with Gasteiger partial charge in [-0.3, -0.25) is 4.90 Å². The van der Waals surface area contributed by atoms with E-state index in [1.165, 1.54) is 12.7 Å². The molecule has 1 saturated heterocycles. The first-order chi connectivity index (χ1) is 12.1. The summed E-state index contributed by atoms with van der Waals surface area (Å²) < 4.78 is 16.7. The van der Waals surface area contributed by atoms with Crippen molar-refractivity contribution in [2.45, 2.75) is 30.7 Å². The van der Waals surface area contributed by atoms with Gasteiger partial charge in [-0.1, -0.05) is 36.4 Å². The molecule has 3 aliphatic rings. The minimum absolute atomic E-state index is 0.0735. The largest absolute Gasteiger partial charge is 0.466 e. The van der Waals surface area contributed by atoms with Gasteiger partial charge in [0.15, 0.2) is 0 Å². The highest BCUT2D eigenvalue weighted by Gasteiger charge is 2.59. The minimum atomic E-state index is -0.506. The normalized spacial score (nSPS) is 31.5. The zero-order chi connectivity index (χ0) is 17.6. The summed E-state index contributed by atoms with van der Waals surface area (Å²) >= 11 is 0. The van der Waals surface area contributed by atoms with Crippen LogP contribution in [0, 0.1) is 0 Å². The third-order valence-electron chi connectivity index (χ3n) is 5.56. The highest BCUT2D eigenvalue weighted by Crippen LogP contribution is 2.52. The first-order valence-corrected chi connectivity index (χ1v) is 8.61. The lowest BCUT2D eigenvalue weighted by Crippen LogP contribution is -2.37. The van der Waals surface area contributed by atoms with Gasteiger partial charge in [-0.25, -0.2) is 4.79 Å². The Hall–Kier alpha value is -1.95. The predicted molar refractivity (Wildman–Crippen MR) is 93.0 cm³/mol. The summed E-state index contributed by atoms with van der Waals surface area (Å²) in [4.78, 5) is 14.7. The monoisotopic (exact) mass is 341 g/mol. The van der Waals surface area contributed by atoms with E-state index in [0.717, 1.165) is 5.57 Å². The first kappa shape index (κ1) is 16.5. The summed E-state index contributed by atoms with van der Waals surface area (Å²) in [5.74, 6) is -0.289. The molecule has 4 atom stereocenters. The molecule has 0 amide bonds. The molecule has 3 aliphatic heterocycles. The van der Waals surface area contributed by atoms with Crippen LogP contribution in [0.2, 0.25) is 0 Å². The van der Waals surface area contributed by atoms with Gasteiger partial charge in [0.1, 0.15) is 11.7 Å². The molecule has 0 aromatic heterocycles. The van der Waals surface area contributed by atoms with E-state index in [-0.39, 0.29) is 24.2 Å². The number of nitrogens with zero attached hydrogens (tertiary/aromatic N) is 1. The fraction of sp³-hybridized carbons (Fsp3) is 0.450. The third-order valence-corrected chi connectivity index (χ3v) is 5.56. The maximum atomic E-state index is 12.3. The summed E-state index contributed by atoms with van der Waals surface area (Å²) in [6, 6.07) is 10.5. The molecule has 0 unspecified atom stereocenters. The van der Waals surface area contributed by atoms with Gasteiger partial charge in [-0.2, -0.15) is 0 Å². The Morgan fingerprint density at radius 3 is 2.80 bits per heavy atom. The molecule has 0 radical (unpaired) electrons. The standard InChI is InChI=1S/C20H23NO4/c1-13-18-17(19(22)24-3)16-9-10-20(18,25-16)12-21(13)15(11-23-2)14-7-5-4-6-8-14/h4-10,13,15-16H,11-12H2,1-3H3/t13-,15+,16+,20+/m1/s1. The summed E-state index contributed by atoms with van der Waals surface area (Å²) in [6.45, 7) is 3.43. The van der Waals surface area contributed by atoms with Crippen LogP contribution in [-0.4, -0.2) is 56.0 Å². The number of fused-ring (bicyclic) bond motifs is 1. The number of benzene rings is 1. The number of esters is 1. The van der Waals surface area contributed by atoms with Gasteiger partial charge >= 0.3 is 5.97 Å². The van der Waals surface area contributed by atoms with Gasteiger partial charge in [-0.15, -0.1) is 0 Å². The molecule has 5 nitrogen and oxygen atoms in total. The Kier molecular flexibility index (Phi) is 4.02. The number of hydrogen-bond acceptors (Lipinski definition) is 5. The molecule has 25 heavy (non-hydrogen) atoms. The molecule has 1 aromatic carbocycles. The summed E-state index contributed by atoms with van der Waals surface area (Å²) in [7, 11) is 3.14. The summed E-state index contributed by atoms with van der Waals surface area (Å²) in [5, 5.41) is 0. The molecular weight excluding hydrogens is 318 g/mol. The van der Waals surface area contributed by atoms with Crippen LogP contribution < -0.4 is 0 Å². The zero-order valence-electron chi connectivity index (χ0n) is 14.8. The van der Waals surface area contributed by atoms with E-state index in [1.807, 2.05) is 24.3 Å². The number of hydrogen-bond donors (Lipinski definition) is 0. The Labute approximate surface area is 147 Å². The van der Waals surface area contributed by atoms with E-state index in [1.54, 1.807) is 7.11 Å². The van der Waals surface area contributed by atoms with E-state index in [2.05, 4.69) is 30.0 Å². The van der Waals surface area contributed by atoms with Crippen LogP contribution in [0.1, 0.15) is 18.5 Å². The Morgan fingerprint density at radius 2 is 2.12 bits per heavy atom. The second-order valence-electron chi connectivity index (χ2n) is 6.84. The fourth-order valence-electron chi connectivity index (χ4n) is 4.50. The number of ether oxygens (including phenoxy) is 3. The SMILES string of the molecule is COC[C@@H](c1ccccc1)N1C[C@]23C=C[C@H](O2)C(C(=O)OC)=C3[C@H]1C. The molecule has 0 aliphatic carbocycles. The molecule has 1 aromatic rings. The van der Waals surface area contributed by atoms with Crippen LogP contribution in [0.4, 0.5) is 0 Å². The molecule has 0 N–H and O–H groups in total. The number of carbonyl (C=O) groups excluding carboxylic acids is 1. The zero-order valence-corrected chi connectivity index (χ0v) is 14.8. The number of methoxy groups -OCH3 is 2. The van der Waals surface area contributed by atoms with E-state index >= 15 is 0 Å². The van der Waals surface area contributed by atoms with Crippen molar-refractivity contribution >= 4 is 5.97 Å². The van der Waals surface area contributed by atoms with Gasteiger partial charge in [0, 0.05) is 19.7 Å². The topological polar surface area (TPSA) is 48.0 Å². The minimum Gasteiger partial charge on any atom is -0.466 e. The van der Waals surface area contributed by atoms with Crippen molar-refractivity contribution < 1.29 is 19.0 Å². The molecule has 1 fully saturated rings. The van der Waals surface area contributed by atoms with Crippen LogP contribution >= 0.6 is 0 Å². The Morgan fingerprint density at radius 1 is 1.36 bits per heavy atom. The molecule has 4 rings (SSSR count). The lowest BCUT2D eigenvalue weighted by atomic mass is 9.86. The van der Waals surface area contributed by atoms with E-state index in [0.29, 0.717) is 18.7 Å². The average Bonchev–Trinajstić information content (AvgIpc) is 3.28. The highest BCUT2D eigenvalue weighted by atomic mass is 16.5. The van der Waals surface area contributed by atoms with E-state index in [4.69, 9.17) is 14.2 Å². The highest BCUT2D eigenvalue weighted by molar-refractivity contribution is 5.93. The van der Waals surface area contributed by atoms with Crippen LogP contribution in [0.3, 0.4) is 0 Å². The Bertz CT molecular complexity index is 741. The van der Waals surface area contributed by atoms with Gasteiger partial charge in [-0.05, 0) is 24.1 Å². The molecule has 3 heterocycles. The second-order valence-corrected chi connectivity index (χ2v) is 6.84. The van der Waals surface area contributed by atoms with Gasteiger partial charge in [0.25, 0.3) is 0 Å². The predicted octanol–water partition coefficient (Wildman–Crippen LogP) is 2.26. The van der Waals surface area contributed by atoms with Crippen LogP contribution in [0.25, 0.3) is 0 Å². The first-order valence-electron chi connectivity index (χ1n) is 8.61. The van der Waals surface area contributed by atoms with Gasteiger partial charge in [0.05, 0.1) is 25.3 Å². The van der Waals surface area contributed by atoms with Crippen molar-refractivity contribution in [1.82, 2.24) is 4.90 Å². The van der Waals surface area contributed by atoms with Crippen LogP contribution in [0.15, 0.2) is 53.6 Å². The van der Waals surface area contributed by atoms with E-state index in [9.17, 15) is 4.79 Å². The average molecular weight is 341 g/mol. The maximum absolute atomic E-state index is 12.3. The lowest BCUT2D eigenvalue weighted by Gasteiger charge is -2.32. The molecule has 1 spiro atoms. The lowest BCUT2D eigenvalue weighted by molar-refractivity contribution is -0.137. The van der Waals surface area contributed by atoms with Gasteiger partial charge in [0.2, 0.25) is 0 Å². The molecule has 5 heteroatoms. The van der Waals surface area contributed by atoms with Crippen LogP contribution in [0.5, 0.6) is 0 Å². The molecule has 0 saturated carbocycles. The number of rotatable bonds is 5. The third kappa shape index (κ3) is 2.38. The van der Waals surface area contributed by atoms with Gasteiger partial charge < -0.3 is 14.2 Å². The number of carbonyl (C=O) groups is 1. The van der Waals surface area contributed by atoms with Crippen molar-refractivity contribution in [2.75, 3.05) is 27.4 Å². The number of likely N-dealkylation sites (tertiary alicyclic amines) is 1.